The van der Waals surface area contributed by atoms with Crippen molar-refractivity contribution in [1.29, 1.82) is 0 Å². The molecule has 1 aliphatic heterocycles. The van der Waals surface area contributed by atoms with Gasteiger partial charge < -0.3 is 19.9 Å². The van der Waals surface area contributed by atoms with Crippen LogP contribution in [0.15, 0.2) is 60.7 Å². The zero-order valence-electron chi connectivity index (χ0n) is 24.1. The smallest absolute Gasteiger partial charge is 0.326 e. The first kappa shape index (κ1) is 31.6. The molecule has 0 saturated heterocycles. The summed E-state index contributed by atoms with van der Waals surface area (Å²) in [6.07, 6.45) is 1.57. The number of sulfone groups is 1. The van der Waals surface area contributed by atoms with Crippen LogP contribution in [0.1, 0.15) is 52.1 Å². The first-order valence-electron chi connectivity index (χ1n) is 13.9. The van der Waals surface area contributed by atoms with Crippen LogP contribution in [0.25, 0.3) is 11.1 Å². The number of thioether (sulfide) groups is 1. The van der Waals surface area contributed by atoms with Crippen LogP contribution < -0.4 is 10.1 Å². The number of aryl methyl sites for hydroxylation is 1. The van der Waals surface area contributed by atoms with Gasteiger partial charge in [0.05, 0.1) is 25.1 Å². The lowest BCUT2D eigenvalue weighted by atomic mass is 9.93. The van der Waals surface area contributed by atoms with Crippen molar-refractivity contribution in [1.82, 2.24) is 5.32 Å². The van der Waals surface area contributed by atoms with Gasteiger partial charge in [-0.25, -0.2) is 13.2 Å². The summed E-state index contributed by atoms with van der Waals surface area (Å²) in [6, 6.07) is 17.9. The summed E-state index contributed by atoms with van der Waals surface area (Å²) in [6.45, 7) is 5.07. The van der Waals surface area contributed by atoms with Crippen molar-refractivity contribution in [3.8, 4) is 16.9 Å². The third kappa shape index (κ3) is 8.36. The number of carboxylic acids is 1. The average molecular weight is 612 g/mol. The molecule has 1 heterocycles. The molecule has 1 amide bonds. The Kier molecular flexibility index (Phi) is 10.7. The number of carbonyl (C=O) groups excluding carboxylic acids is 1. The molecule has 3 aromatic carbocycles. The summed E-state index contributed by atoms with van der Waals surface area (Å²) in [5.41, 5.74) is 5.90. The van der Waals surface area contributed by atoms with E-state index < -0.39 is 27.8 Å². The summed E-state index contributed by atoms with van der Waals surface area (Å²) >= 11 is 1.81. The lowest BCUT2D eigenvalue weighted by Crippen LogP contribution is -2.42. The van der Waals surface area contributed by atoms with Crippen molar-refractivity contribution in [2.24, 2.45) is 0 Å². The molecule has 2 atom stereocenters. The third-order valence-corrected chi connectivity index (χ3v) is 9.08. The van der Waals surface area contributed by atoms with Gasteiger partial charge in [-0.3, -0.25) is 4.79 Å². The Hall–Kier alpha value is -3.34. The molecule has 3 aromatic rings. The van der Waals surface area contributed by atoms with Crippen LogP contribution in [0.3, 0.4) is 0 Å². The quantitative estimate of drug-likeness (QED) is 0.255. The van der Waals surface area contributed by atoms with E-state index in [1.54, 1.807) is 17.8 Å². The van der Waals surface area contributed by atoms with E-state index in [0.29, 0.717) is 24.3 Å². The number of fused-ring (bicyclic) bond motifs is 1. The van der Waals surface area contributed by atoms with Gasteiger partial charge in [0.1, 0.15) is 21.6 Å². The Bertz CT molecular complexity index is 1540. The molecule has 0 radical (unpaired) electrons. The lowest BCUT2D eigenvalue weighted by molar-refractivity contribution is -0.139. The highest BCUT2D eigenvalue weighted by Crippen LogP contribution is 2.33. The van der Waals surface area contributed by atoms with Crippen LogP contribution in [0.4, 0.5) is 0 Å². The number of benzene rings is 3. The predicted octanol–water partition coefficient (Wildman–Crippen LogP) is 5.23. The van der Waals surface area contributed by atoms with Crippen LogP contribution in [0.2, 0.25) is 0 Å². The average Bonchev–Trinajstić information content (AvgIpc) is 3.43. The number of rotatable bonds is 14. The van der Waals surface area contributed by atoms with Crippen LogP contribution >= 0.6 is 11.8 Å². The summed E-state index contributed by atoms with van der Waals surface area (Å²) in [5, 5.41) is 12.2. The van der Waals surface area contributed by atoms with E-state index in [2.05, 4.69) is 24.4 Å². The summed E-state index contributed by atoms with van der Waals surface area (Å²) in [4.78, 5) is 25.2. The van der Waals surface area contributed by atoms with Gasteiger partial charge in [-0.15, -0.1) is 0 Å². The Morgan fingerprint density at radius 1 is 1.10 bits per heavy atom. The van der Waals surface area contributed by atoms with Crippen molar-refractivity contribution >= 4 is 33.5 Å². The van der Waals surface area contributed by atoms with E-state index in [1.165, 1.54) is 5.56 Å². The Morgan fingerprint density at radius 2 is 1.88 bits per heavy atom. The molecule has 0 bridgehead atoms. The maximum atomic E-state index is 13.4. The number of hydrogen-bond acceptors (Lipinski definition) is 7. The van der Waals surface area contributed by atoms with Gasteiger partial charge in [0.25, 0.3) is 5.91 Å². The molecular formula is C32H37NO7S2. The summed E-state index contributed by atoms with van der Waals surface area (Å²) < 4.78 is 35.4. The van der Waals surface area contributed by atoms with E-state index >= 15 is 0 Å². The van der Waals surface area contributed by atoms with Crippen LogP contribution in [0.5, 0.6) is 5.75 Å². The second-order valence-corrected chi connectivity index (χ2v) is 14.0. The largest absolute Gasteiger partial charge is 0.493 e. The molecule has 0 saturated carbocycles. The van der Waals surface area contributed by atoms with Crippen molar-refractivity contribution < 1.29 is 32.6 Å². The van der Waals surface area contributed by atoms with Crippen molar-refractivity contribution in [3.05, 3.63) is 88.5 Å². The first-order valence-corrected chi connectivity index (χ1v) is 17.1. The van der Waals surface area contributed by atoms with Crippen molar-refractivity contribution in [2.75, 3.05) is 30.1 Å². The number of amides is 1. The fourth-order valence-corrected chi connectivity index (χ4v) is 6.27. The minimum Gasteiger partial charge on any atom is -0.493 e. The van der Waals surface area contributed by atoms with E-state index in [1.807, 2.05) is 49.4 Å². The maximum absolute atomic E-state index is 13.4. The zero-order valence-corrected chi connectivity index (χ0v) is 25.7. The highest BCUT2D eigenvalue weighted by Gasteiger charge is 2.25. The Labute approximate surface area is 251 Å². The van der Waals surface area contributed by atoms with Crippen molar-refractivity contribution in [3.63, 3.8) is 0 Å². The number of carbonyl (C=O) groups is 2. The van der Waals surface area contributed by atoms with Crippen LogP contribution in [0, 0.1) is 6.92 Å². The topological polar surface area (TPSA) is 119 Å². The van der Waals surface area contributed by atoms with Gasteiger partial charge in [0, 0.05) is 24.0 Å². The highest BCUT2D eigenvalue weighted by molar-refractivity contribution is 7.99. The second kappa shape index (κ2) is 14.2. The van der Waals surface area contributed by atoms with Gasteiger partial charge in [-0.05, 0) is 76.7 Å². The molecule has 0 fully saturated rings. The summed E-state index contributed by atoms with van der Waals surface area (Å²) in [7, 11) is -3.39. The van der Waals surface area contributed by atoms with E-state index in [4.69, 9.17) is 9.47 Å². The molecular weight excluding hydrogens is 574 g/mol. The maximum Gasteiger partial charge on any atom is 0.326 e. The monoisotopic (exact) mass is 611 g/mol. The normalized spacial score (nSPS) is 14.1. The first-order chi connectivity index (χ1) is 20.1. The molecule has 4 rings (SSSR count). The van der Waals surface area contributed by atoms with Crippen LogP contribution in [-0.4, -0.2) is 61.6 Å². The molecule has 0 aliphatic carbocycles. The van der Waals surface area contributed by atoms with Crippen LogP contribution in [-0.2, 0) is 32.4 Å². The number of aliphatic carboxylic acids is 1. The summed E-state index contributed by atoms with van der Waals surface area (Å²) in [5.74, 6) is 0.476. The zero-order chi connectivity index (χ0) is 30.3. The fourth-order valence-electron chi connectivity index (χ4n) is 4.87. The van der Waals surface area contributed by atoms with Gasteiger partial charge in [-0.1, -0.05) is 43.3 Å². The number of ether oxygens (including phenoxy) is 2. The lowest BCUT2D eigenvalue weighted by Gasteiger charge is -2.20. The molecule has 0 spiro atoms. The highest BCUT2D eigenvalue weighted by atomic mass is 32.2. The van der Waals surface area contributed by atoms with Gasteiger partial charge in [0.2, 0.25) is 0 Å². The van der Waals surface area contributed by atoms with Gasteiger partial charge in [-0.2, -0.15) is 11.8 Å². The standard InChI is InChI=1S/C32H37NO7S2/c1-4-41-20-30(23-10-12-29-24(18-23)13-15-39-29)40-19-22-9-11-26(27(17-22)25-8-6-5-7-21(25)2)31(34)33-28(32(35)36)14-16-42(3,37)38/h5-12,17-18,28,30H,4,13-16,19-20H2,1-3H3,(H,33,34)(H,35,36)/t28-,30-/m0/s1. The number of nitrogens with one attached hydrogen (secondary N) is 1. The SMILES string of the molecule is CCSC[C@H](OCc1ccc(C(=O)N[C@@H](CCS(C)(=O)=O)C(=O)O)c(-c2ccccc2C)c1)c1ccc2c(c1)CCO2. The molecule has 8 nitrogen and oxygen atoms in total. The Morgan fingerprint density at radius 3 is 2.60 bits per heavy atom. The van der Waals surface area contributed by atoms with Crippen molar-refractivity contribution in [2.45, 2.75) is 45.4 Å². The molecule has 1 aliphatic rings. The molecule has 0 aromatic heterocycles. The van der Waals surface area contributed by atoms with E-state index in [9.17, 15) is 23.1 Å². The molecule has 0 unspecified atom stereocenters. The molecule has 10 heteroatoms. The number of carboxylic acid groups (broad SMARTS) is 1. The molecule has 2 N–H and O–H groups in total. The minimum absolute atomic E-state index is 0.128. The third-order valence-electron chi connectivity index (χ3n) is 7.15. The molecule has 224 valence electrons. The number of hydrogen-bond donors (Lipinski definition) is 2. The van der Waals surface area contributed by atoms with Gasteiger partial charge in [0.15, 0.2) is 0 Å². The molecule has 42 heavy (non-hydrogen) atoms. The second-order valence-electron chi connectivity index (χ2n) is 10.4. The minimum atomic E-state index is -3.39. The Balaban J connectivity index is 1.60. The van der Waals surface area contributed by atoms with Gasteiger partial charge >= 0.3 is 5.97 Å². The van der Waals surface area contributed by atoms with E-state index in [0.717, 1.165) is 52.2 Å². The predicted molar refractivity (Wildman–Crippen MR) is 166 cm³/mol. The van der Waals surface area contributed by atoms with E-state index in [-0.39, 0.29) is 18.3 Å². The fraction of sp³-hybridized carbons (Fsp3) is 0.375.